The Labute approximate surface area is 101 Å². The van der Waals surface area contributed by atoms with Crippen molar-refractivity contribution in [2.75, 3.05) is 46.4 Å². The summed E-state index contributed by atoms with van der Waals surface area (Å²) in [6.45, 7) is 8.73. The van der Waals surface area contributed by atoms with Gasteiger partial charge >= 0.3 is 0 Å². The van der Waals surface area contributed by atoms with Crippen molar-refractivity contribution < 1.29 is 4.74 Å². The monoisotopic (exact) mass is 228 g/mol. The zero-order chi connectivity index (χ0) is 11.6. The summed E-state index contributed by atoms with van der Waals surface area (Å²) in [5.41, 5.74) is 0. The molecule has 0 saturated carbocycles. The summed E-state index contributed by atoms with van der Waals surface area (Å²) >= 11 is 0. The Hall–Kier alpha value is -0.120. The average molecular weight is 228 g/mol. The maximum absolute atomic E-state index is 5.58. The second kappa shape index (κ2) is 8.97. The number of nitrogens with zero attached hydrogens (tertiary/aromatic N) is 1. The van der Waals surface area contributed by atoms with Gasteiger partial charge in [-0.15, -0.1) is 0 Å². The van der Waals surface area contributed by atoms with Crippen LogP contribution in [0.25, 0.3) is 0 Å². The number of hydrogen-bond donors (Lipinski definition) is 1. The van der Waals surface area contributed by atoms with Crippen molar-refractivity contribution >= 4 is 0 Å². The van der Waals surface area contributed by atoms with Crippen molar-refractivity contribution in [2.45, 2.75) is 32.6 Å². The molecule has 0 aromatic carbocycles. The predicted octanol–water partition coefficient (Wildman–Crippen LogP) is 1.73. The van der Waals surface area contributed by atoms with Gasteiger partial charge in [0, 0.05) is 19.7 Å². The molecule has 0 bridgehead atoms. The van der Waals surface area contributed by atoms with Crippen molar-refractivity contribution in [3.63, 3.8) is 0 Å². The third-order valence-electron chi connectivity index (χ3n) is 3.29. The molecule has 0 aromatic rings. The molecule has 0 aliphatic carbocycles. The van der Waals surface area contributed by atoms with Crippen LogP contribution < -0.4 is 5.32 Å². The van der Waals surface area contributed by atoms with Crippen molar-refractivity contribution in [1.82, 2.24) is 10.2 Å². The Morgan fingerprint density at radius 2 is 2.00 bits per heavy atom. The van der Waals surface area contributed by atoms with E-state index in [9.17, 15) is 0 Å². The quantitative estimate of drug-likeness (QED) is 0.640. The molecular weight excluding hydrogens is 200 g/mol. The molecule has 3 heteroatoms. The van der Waals surface area contributed by atoms with E-state index >= 15 is 0 Å². The average Bonchev–Trinajstić information content (AvgIpc) is 2.30. The topological polar surface area (TPSA) is 24.5 Å². The first-order valence-electron chi connectivity index (χ1n) is 6.80. The Kier molecular flexibility index (Phi) is 7.81. The van der Waals surface area contributed by atoms with Gasteiger partial charge < -0.3 is 15.0 Å². The molecule has 1 saturated heterocycles. The summed E-state index contributed by atoms with van der Waals surface area (Å²) in [5.74, 6) is 0.891. The van der Waals surface area contributed by atoms with Crippen LogP contribution in [0.5, 0.6) is 0 Å². The zero-order valence-electron chi connectivity index (χ0n) is 11.0. The van der Waals surface area contributed by atoms with E-state index in [1.807, 2.05) is 0 Å². The molecule has 16 heavy (non-hydrogen) atoms. The minimum Gasteiger partial charge on any atom is -0.380 e. The number of rotatable bonds is 8. The second-order valence-corrected chi connectivity index (χ2v) is 4.92. The number of unbranched alkanes of at least 4 members (excludes halogenated alkanes) is 1. The lowest BCUT2D eigenvalue weighted by Gasteiger charge is -2.27. The number of hydrogen-bond acceptors (Lipinski definition) is 3. The van der Waals surface area contributed by atoms with E-state index in [1.54, 1.807) is 0 Å². The largest absolute Gasteiger partial charge is 0.380 e. The van der Waals surface area contributed by atoms with Crippen LogP contribution in [0.3, 0.4) is 0 Å². The van der Waals surface area contributed by atoms with Crippen molar-refractivity contribution in [1.29, 1.82) is 0 Å². The van der Waals surface area contributed by atoms with Gasteiger partial charge in [-0.3, -0.25) is 0 Å². The lowest BCUT2D eigenvalue weighted by molar-refractivity contribution is 0.102. The first kappa shape index (κ1) is 13.9. The first-order valence-corrected chi connectivity index (χ1v) is 6.80. The van der Waals surface area contributed by atoms with Gasteiger partial charge in [-0.2, -0.15) is 0 Å². The molecule has 1 aliphatic rings. The van der Waals surface area contributed by atoms with Gasteiger partial charge in [0.05, 0.1) is 6.61 Å². The normalized spacial score (nSPS) is 18.2. The number of nitrogens with one attached hydrogen (secondary N) is 1. The van der Waals surface area contributed by atoms with Crippen LogP contribution in [-0.2, 0) is 4.74 Å². The molecule has 1 N–H and O–H groups in total. The maximum atomic E-state index is 5.58. The second-order valence-electron chi connectivity index (χ2n) is 4.92. The molecule has 1 heterocycles. The molecule has 0 aromatic heterocycles. The molecule has 0 radical (unpaired) electrons. The van der Waals surface area contributed by atoms with Crippen molar-refractivity contribution in [3.8, 4) is 0 Å². The fourth-order valence-corrected chi connectivity index (χ4v) is 2.17. The Morgan fingerprint density at radius 3 is 2.69 bits per heavy atom. The highest BCUT2D eigenvalue weighted by atomic mass is 16.5. The van der Waals surface area contributed by atoms with Gasteiger partial charge in [-0.1, -0.05) is 13.3 Å². The molecular formula is C13H28N2O. The molecule has 0 atom stereocenters. The van der Waals surface area contributed by atoms with Crippen LogP contribution in [0.1, 0.15) is 32.6 Å². The van der Waals surface area contributed by atoms with Crippen molar-refractivity contribution in [3.05, 3.63) is 0 Å². The van der Waals surface area contributed by atoms with Crippen LogP contribution in [-0.4, -0.2) is 51.3 Å². The SMILES string of the molecule is CCCCOCCN(C)CC1CCNCC1. The number of ether oxygens (including phenoxy) is 1. The van der Waals surface area contributed by atoms with E-state index in [0.29, 0.717) is 0 Å². The van der Waals surface area contributed by atoms with E-state index < -0.39 is 0 Å². The summed E-state index contributed by atoms with van der Waals surface area (Å²) in [4.78, 5) is 2.42. The van der Waals surface area contributed by atoms with Crippen LogP contribution >= 0.6 is 0 Å². The van der Waals surface area contributed by atoms with Crippen molar-refractivity contribution in [2.24, 2.45) is 5.92 Å². The summed E-state index contributed by atoms with van der Waals surface area (Å²) in [7, 11) is 2.21. The van der Waals surface area contributed by atoms with Crippen LogP contribution in [0, 0.1) is 5.92 Å². The standard InChI is InChI=1S/C13H28N2O/c1-3-4-10-16-11-9-15(2)12-13-5-7-14-8-6-13/h13-14H,3-12H2,1-2H3. The fourth-order valence-electron chi connectivity index (χ4n) is 2.17. The smallest absolute Gasteiger partial charge is 0.0593 e. The van der Waals surface area contributed by atoms with Gasteiger partial charge in [0.25, 0.3) is 0 Å². The lowest BCUT2D eigenvalue weighted by Crippen LogP contribution is -2.35. The first-order chi connectivity index (χ1) is 7.83. The van der Waals surface area contributed by atoms with Crippen LogP contribution in [0.15, 0.2) is 0 Å². The Morgan fingerprint density at radius 1 is 1.25 bits per heavy atom. The molecule has 0 unspecified atom stereocenters. The summed E-state index contributed by atoms with van der Waals surface area (Å²) in [6.07, 6.45) is 5.09. The summed E-state index contributed by atoms with van der Waals surface area (Å²) in [5, 5.41) is 3.41. The molecule has 0 amide bonds. The van der Waals surface area contributed by atoms with E-state index in [1.165, 1.54) is 45.3 Å². The van der Waals surface area contributed by atoms with E-state index in [0.717, 1.165) is 25.7 Å². The Balaban J connectivity index is 1.95. The minimum absolute atomic E-state index is 0.890. The van der Waals surface area contributed by atoms with Gasteiger partial charge in [0.15, 0.2) is 0 Å². The zero-order valence-corrected chi connectivity index (χ0v) is 11.0. The molecule has 1 aliphatic heterocycles. The van der Waals surface area contributed by atoms with Gasteiger partial charge in [0.2, 0.25) is 0 Å². The summed E-state index contributed by atoms with van der Waals surface area (Å²) in [6, 6.07) is 0. The highest BCUT2D eigenvalue weighted by Gasteiger charge is 2.14. The predicted molar refractivity (Wildman–Crippen MR) is 68.8 cm³/mol. The lowest BCUT2D eigenvalue weighted by atomic mass is 9.98. The van der Waals surface area contributed by atoms with Gasteiger partial charge in [0.1, 0.15) is 0 Å². The molecule has 1 rings (SSSR count). The number of likely N-dealkylation sites (N-methyl/N-ethyl adjacent to an activating group) is 1. The van der Waals surface area contributed by atoms with E-state index in [-0.39, 0.29) is 0 Å². The molecule has 1 fully saturated rings. The highest BCUT2D eigenvalue weighted by Crippen LogP contribution is 2.12. The van der Waals surface area contributed by atoms with Gasteiger partial charge in [-0.05, 0) is 45.3 Å². The molecule has 0 spiro atoms. The number of piperidine rings is 1. The highest BCUT2D eigenvalue weighted by molar-refractivity contribution is 4.71. The Bertz CT molecular complexity index is 158. The fraction of sp³-hybridized carbons (Fsp3) is 1.00. The van der Waals surface area contributed by atoms with E-state index in [4.69, 9.17) is 4.74 Å². The molecule has 96 valence electrons. The summed E-state index contributed by atoms with van der Waals surface area (Å²) < 4.78 is 5.58. The third kappa shape index (κ3) is 6.46. The van der Waals surface area contributed by atoms with E-state index in [2.05, 4.69) is 24.2 Å². The van der Waals surface area contributed by atoms with Gasteiger partial charge in [-0.25, -0.2) is 0 Å². The van der Waals surface area contributed by atoms with Crippen LogP contribution in [0.4, 0.5) is 0 Å². The van der Waals surface area contributed by atoms with Crippen LogP contribution in [0.2, 0.25) is 0 Å². The maximum Gasteiger partial charge on any atom is 0.0593 e. The minimum atomic E-state index is 0.890. The molecule has 3 nitrogen and oxygen atoms in total. The third-order valence-corrected chi connectivity index (χ3v) is 3.29.